The highest BCUT2D eigenvalue weighted by Crippen LogP contribution is 2.46. The molecule has 0 saturated heterocycles. The Hall–Kier alpha value is -4.72. The van der Waals surface area contributed by atoms with Crippen LogP contribution in [0.3, 0.4) is 0 Å². The highest BCUT2D eigenvalue weighted by atomic mass is 16.5. The minimum absolute atomic E-state index is 0.0579. The van der Waals surface area contributed by atoms with Crippen molar-refractivity contribution in [2.24, 2.45) is 0 Å². The van der Waals surface area contributed by atoms with Gasteiger partial charge in [0.1, 0.15) is 12.6 Å². The van der Waals surface area contributed by atoms with E-state index in [9.17, 15) is 19.6 Å². The number of hydrogen-bond donors (Lipinski definition) is 1. The van der Waals surface area contributed by atoms with E-state index in [2.05, 4.69) is 18.3 Å². The lowest BCUT2D eigenvalue weighted by atomic mass is 9.89. The third kappa shape index (κ3) is 7.91. The molecule has 3 rings (SSSR count). The molecular formula is C35H45N3O8. The number of carbonyl (C=O) groups excluding carboxylic acids is 3. The van der Waals surface area contributed by atoms with E-state index in [0.29, 0.717) is 46.6 Å². The first-order chi connectivity index (χ1) is 22.3. The molecule has 0 saturated carbocycles. The zero-order valence-electron chi connectivity index (χ0n) is 27.7. The first-order valence-electron chi connectivity index (χ1n) is 15.8. The number of anilines is 1. The fraction of sp³-hybridized carbons (Fsp3) is 0.486. The summed E-state index contributed by atoms with van der Waals surface area (Å²) < 4.78 is 28.8. The van der Waals surface area contributed by atoms with Crippen molar-refractivity contribution >= 4 is 34.9 Å². The number of esters is 2. The number of aryl methyl sites for hydroxylation is 1. The average molecular weight is 636 g/mol. The van der Waals surface area contributed by atoms with Crippen LogP contribution in [0, 0.1) is 11.3 Å². The fourth-order valence-electron chi connectivity index (χ4n) is 5.82. The Bertz CT molecular complexity index is 1550. The van der Waals surface area contributed by atoms with Gasteiger partial charge in [-0.2, -0.15) is 5.26 Å². The van der Waals surface area contributed by atoms with Crippen molar-refractivity contribution in [3.63, 3.8) is 0 Å². The molecule has 248 valence electrons. The van der Waals surface area contributed by atoms with Crippen LogP contribution in [-0.2, 0) is 32.0 Å². The van der Waals surface area contributed by atoms with Gasteiger partial charge >= 0.3 is 11.9 Å². The van der Waals surface area contributed by atoms with Gasteiger partial charge in [-0.3, -0.25) is 9.59 Å². The third-order valence-electron chi connectivity index (χ3n) is 7.81. The molecule has 0 spiro atoms. The van der Waals surface area contributed by atoms with Crippen molar-refractivity contribution in [1.82, 2.24) is 4.57 Å². The molecule has 0 bridgehead atoms. The second-order valence-corrected chi connectivity index (χ2v) is 10.7. The van der Waals surface area contributed by atoms with Crippen LogP contribution in [0.15, 0.2) is 18.2 Å². The number of amides is 1. The summed E-state index contributed by atoms with van der Waals surface area (Å²) in [6, 6.07) is 7.77. The van der Waals surface area contributed by atoms with Gasteiger partial charge in [-0.15, -0.1) is 0 Å². The zero-order valence-corrected chi connectivity index (χ0v) is 27.7. The van der Waals surface area contributed by atoms with Crippen LogP contribution in [0.5, 0.6) is 17.2 Å². The second-order valence-electron chi connectivity index (χ2n) is 10.7. The van der Waals surface area contributed by atoms with Crippen LogP contribution in [0.1, 0.15) is 87.3 Å². The van der Waals surface area contributed by atoms with Crippen LogP contribution in [0.25, 0.3) is 22.0 Å². The summed E-state index contributed by atoms with van der Waals surface area (Å²) in [6.45, 7) is 5.32. The molecule has 0 fully saturated rings. The van der Waals surface area contributed by atoms with Crippen molar-refractivity contribution in [3.8, 4) is 34.4 Å². The first kappa shape index (κ1) is 35.8. The molecule has 1 amide bonds. The zero-order chi connectivity index (χ0) is 33.6. The Morgan fingerprint density at radius 2 is 1.52 bits per heavy atom. The highest BCUT2D eigenvalue weighted by molar-refractivity contribution is 6.12. The number of carbonyl (C=O) groups is 3. The normalized spacial score (nSPS) is 10.7. The predicted molar refractivity (Wildman–Crippen MR) is 176 cm³/mol. The average Bonchev–Trinajstić information content (AvgIpc) is 3.35. The summed E-state index contributed by atoms with van der Waals surface area (Å²) in [7, 11) is 4.55. The Balaban J connectivity index is 2.42. The van der Waals surface area contributed by atoms with E-state index in [1.165, 1.54) is 45.2 Å². The standard InChI is InChI=1S/C35H45N3O8/c1-7-10-11-12-13-14-15-16-23-17-25-31(37-22-39)33(35(41)46-9-3)38(21-29(40)45-8-2)32(25)26(20-36)30(23)24-18-27(42-4)34(44-6)28(19-24)43-5/h17-19,22H,7-16,21H2,1-6H3,(H,37,39). The Labute approximate surface area is 270 Å². The Morgan fingerprint density at radius 1 is 0.891 bits per heavy atom. The van der Waals surface area contributed by atoms with Gasteiger partial charge in [-0.05, 0) is 56.0 Å². The van der Waals surface area contributed by atoms with Crippen molar-refractivity contribution < 1.29 is 38.1 Å². The maximum absolute atomic E-state index is 13.4. The number of nitrogens with one attached hydrogen (secondary N) is 1. The van der Waals surface area contributed by atoms with Gasteiger partial charge in [0.15, 0.2) is 17.2 Å². The van der Waals surface area contributed by atoms with Gasteiger partial charge in [-0.1, -0.05) is 45.4 Å². The number of aromatic nitrogens is 1. The number of rotatable bonds is 19. The molecule has 11 heteroatoms. The summed E-state index contributed by atoms with van der Waals surface area (Å²) in [4.78, 5) is 38.1. The summed E-state index contributed by atoms with van der Waals surface area (Å²) >= 11 is 0. The molecule has 2 aromatic carbocycles. The number of hydrogen-bond acceptors (Lipinski definition) is 9. The summed E-state index contributed by atoms with van der Waals surface area (Å²) in [5, 5.41) is 13.9. The fourth-order valence-corrected chi connectivity index (χ4v) is 5.82. The number of benzene rings is 2. The van der Waals surface area contributed by atoms with Crippen molar-refractivity contribution in [3.05, 3.63) is 35.0 Å². The molecule has 0 unspecified atom stereocenters. The predicted octanol–water partition coefficient (Wildman–Crippen LogP) is 6.81. The molecule has 3 aromatic rings. The monoisotopic (exact) mass is 635 g/mol. The van der Waals surface area contributed by atoms with E-state index < -0.39 is 11.9 Å². The second kappa shape index (κ2) is 17.7. The molecule has 0 aliphatic heterocycles. The van der Waals surface area contributed by atoms with Crippen LogP contribution < -0.4 is 19.5 Å². The van der Waals surface area contributed by atoms with E-state index in [4.69, 9.17) is 23.7 Å². The number of fused-ring (bicyclic) bond motifs is 1. The molecular weight excluding hydrogens is 590 g/mol. The molecule has 1 heterocycles. The van der Waals surface area contributed by atoms with Crippen LogP contribution in [0.2, 0.25) is 0 Å². The molecule has 1 N–H and O–H groups in total. The molecule has 0 aliphatic rings. The first-order valence-corrected chi connectivity index (χ1v) is 15.8. The topological polar surface area (TPSA) is 138 Å². The maximum Gasteiger partial charge on any atom is 0.357 e. The lowest BCUT2D eigenvalue weighted by Crippen LogP contribution is -2.20. The number of nitriles is 1. The van der Waals surface area contributed by atoms with Gasteiger partial charge in [0, 0.05) is 10.9 Å². The van der Waals surface area contributed by atoms with Gasteiger partial charge in [0.25, 0.3) is 0 Å². The SMILES string of the molecule is CCCCCCCCCc1cc2c(NC=O)c(C(=O)OCC)n(CC(=O)OCC)c2c(C#N)c1-c1cc(OC)c(OC)c(OC)c1. The maximum atomic E-state index is 13.4. The van der Waals surface area contributed by atoms with E-state index in [0.717, 1.165) is 31.2 Å². The molecule has 0 atom stereocenters. The van der Waals surface area contributed by atoms with Crippen molar-refractivity contribution in [1.29, 1.82) is 5.26 Å². The lowest BCUT2D eigenvalue weighted by Gasteiger charge is -2.19. The molecule has 0 radical (unpaired) electrons. The van der Waals surface area contributed by atoms with E-state index in [1.54, 1.807) is 26.0 Å². The van der Waals surface area contributed by atoms with Crippen LogP contribution in [-0.4, -0.2) is 57.5 Å². The van der Waals surface area contributed by atoms with Crippen LogP contribution in [0.4, 0.5) is 5.69 Å². The van der Waals surface area contributed by atoms with Gasteiger partial charge in [0.05, 0.1) is 51.3 Å². The molecule has 1 aromatic heterocycles. The number of unbranched alkanes of at least 4 members (excludes halogenated alkanes) is 6. The summed E-state index contributed by atoms with van der Waals surface area (Å²) in [6.07, 6.45) is 8.76. The Morgan fingerprint density at radius 3 is 2.07 bits per heavy atom. The molecule has 11 nitrogen and oxygen atoms in total. The minimum atomic E-state index is -0.751. The quantitative estimate of drug-likeness (QED) is 0.0855. The number of methoxy groups -OCH3 is 3. The van der Waals surface area contributed by atoms with E-state index in [1.807, 2.05) is 6.07 Å². The largest absolute Gasteiger partial charge is 0.493 e. The van der Waals surface area contributed by atoms with Gasteiger partial charge in [0.2, 0.25) is 12.2 Å². The van der Waals surface area contributed by atoms with E-state index in [-0.39, 0.29) is 42.2 Å². The van der Waals surface area contributed by atoms with Crippen molar-refractivity contribution in [2.45, 2.75) is 78.7 Å². The highest BCUT2D eigenvalue weighted by Gasteiger charge is 2.30. The van der Waals surface area contributed by atoms with Gasteiger partial charge in [-0.25, -0.2) is 4.79 Å². The minimum Gasteiger partial charge on any atom is -0.493 e. The summed E-state index contributed by atoms with van der Waals surface area (Å²) in [5.41, 5.74) is 2.63. The third-order valence-corrected chi connectivity index (χ3v) is 7.81. The summed E-state index contributed by atoms with van der Waals surface area (Å²) in [5.74, 6) is -0.165. The molecule has 0 aliphatic carbocycles. The van der Waals surface area contributed by atoms with Crippen LogP contribution >= 0.6 is 0 Å². The smallest absolute Gasteiger partial charge is 0.357 e. The Kier molecular flexibility index (Phi) is 13.7. The van der Waals surface area contributed by atoms with Crippen molar-refractivity contribution in [2.75, 3.05) is 39.9 Å². The lowest BCUT2D eigenvalue weighted by molar-refractivity contribution is -0.143. The number of ether oxygens (including phenoxy) is 5. The van der Waals surface area contributed by atoms with Gasteiger partial charge < -0.3 is 33.6 Å². The van der Waals surface area contributed by atoms with E-state index >= 15 is 0 Å². The number of nitrogens with zero attached hydrogens (tertiary/aromatic N) is 2. The molecule has 46 heavy (non-hydrogen) atoms.